The van der Waals surface area contributed by atoms with Crippen LogP contribution in [0.4, 0.5) is 0 Å². The molecule has 3 aromatic carbocycles. The number of carbonyl (C=O) groups excluding carboxylic acids is 1. The highest BCUT2D eigenvalue weighted by atomic mass is 16.5. The first-order valence-corrected chi connectivity index (χ1v) is 12.0. The number of fused-ring (bicyclic) bond motifs is 1. The molecule has 0 aliphatic carbocycles. The van der Waals surface area contributed by atoms with Crippen LogP contribution in [0, 0.1) is 11.3 Å². The number of hydrogen-bond donors (Lipinski definition) is 0. The van der Waals surface area contributed by atoms with Gasteiger partial charge < -0.3 is 9.64 Å². The Hall–Kier alpha value is -3.62. The predicted octanol–water partition coefficient (Wildman–Crippen LogP) is 4.67. The summed E-state index contributed by atoms with van der Waals surface area (Å²) >= 11 is 0. The Bertz CT molecular complexity index is 1180. The Labute approximate surface area is 201 Å². The van der Waals surface area contributed by atoms with E-state index in [-0.39, 0.29) is 11.5 Å². The number of benzene rings is 3. The third-order valence-corrected chi connectivity index (χ3v) is 6.98. The topological polar surface area (TPSA) is 56.6 Å². The van der Waals surface area contributed by atoms with Crippen molar-refractivity contribution in [2.75, 3.05) is 26.2 Å². The van der Waals surface area contributed by atoms with Crippen LogP contribution in [0.2, 0.25) is 0 Å². The fraction of sp³-hybridized carbons (Fsp3) is 0.310. The monoisotopic (exact) mass is 451 g/mol. The first-order chi connectivity index (χ1) is 16.6. The number of nitriles is 1. The van der Waals surface area contributed by atoms with E-state index < -0.39 is 0 Å². The van der Waals surface area contributed by atoms with Gasteiger partial charge in [0.15, 0.2) is 0 Å². The Morgan fingerprint density at radius 1 is 0.882 bits per heavy atom. The summed E-state index contributed by atoms with van der Waals surface area (Å²) in [6.45, 7) is 3.95. The largest absolute Gasteiger partial charge is 0.484 e. The lowest BCUT2D eigenvalue weighted by Crippen LogP contribution is -2.54. The van der Waals surface area contributed by atoms with E-state index in [2.05, 4.69) is 23.1 Å². The molecule has 1 saturated heterocycles. The molecule has 1 spiro atoms. The number of amides is 1. The van der Waals surface area contributed by atoms with Crippen LogP contribution in [0.1, 0.15) is 39.9 Å². The average molecular weight is 452 g/mol. The summed E-state index contributed by atoms with van der Waals surface area (Å²) in [7, 11) is 0. The molecule has 172 valence electrons. The molecule has 2 aliphatic heterocycles. The molecule has 5 heteroatoms. The molecule has 5 rings (SSSR count). The Morgan fingerprint density at radius 2 is 1.59 bits per heavy atom. The van der Waals surface area contributed by atoms with Crippen LogP contribution >= 0.6 is 0 Å². The highest BCUT2D eigenvalue weighted by molar-refractivity contribution is 5.97. The minimum Gasteiger partial charge on any atom is -0.484 e. The third kappa shape index (κ3) is 4.83. The van der Waals surface area contributed by atoms with Crippen LogP contribution in [0.3, 0.4) is 0 Å². The number of piperidine rings is 1. The molecule has 0 saturated carbocycles. The molecule has 0 atom stereocenters. The van der Waals surface area contributed by atoms with Crippen molar-refractivity contribution in [1.29, 1.82) is 5.26 Å². The number of carbonyl (C=O) groups is 1. The summed E-state index contributed by atoms with van der Waals surface area (Å²) in [5.74, 6) is 0.763. The van der Waals surface area contributed by atoms with Gasteiger partial charge in [0.05, 0.1) is 23.7 Å². The smallest absolute Gasteiger partial charge is 0.257 e. The predicted molar refractivity (Wildman–Crippen MR) is 132 cm³/mol. The summed E-state index contributed by atoms with van der Waals surface area (Å²) in [6, 6.07) is 28.0. The maximum absolute atomic E-state index is 13.5. The van der Waals surface area contributed by atoms with Crippen LogP contribution < -0.4 is 4.74 Å². The molecule has 0 aromatic heterocycles. The van der Waals surface area contributed by atoms with Crippen molar-refractivity contribution in [3.8, 4) is 11.8 Å². The Balaban J connectivity index is 1.31. The SMILES string of the molecule is N#Cc1ccc(CN2CCC3(CC2)CN(CCc2ccccc2)C(=O)c2ccccc2O3)cc1. The quantitative estimate of drug-likeness (QED) is 0.566. The van der Waals surface area contributed by atoms with Gasteiger partial charge in [0.25, 0.3) is 5.91 Å². The minimum absolute atomic E-state index is 0.0587. The van der Waals surface area contributed by atoms with Crippen molar-refractivity contribution in [2.24, 2.45) is 0 Å². The highest BCUT2D eigenvalue weighted by Crippen LogP contribution is 2.36. The summed E-state index contributed by atoms with van der Waals surface area (Å²) < 4.78 is 6.64. The lowest BCUT2D eigenvalue weighted by Gasteiger charge is -2.42. The number of para-hydroxylation sites is 1. The van der Waals surface area contributed by atoms with Crippen molar-refractivity contribution >= 4 is 5.91 Å². The van der Waals surface area contributed by atoms with Gasteiger partial charge in [-0.3, -0.25) is 9.69 Å². The average Bonchev–Trinajstić information content (AvgIpc) is 3.00. The van der Waals surface area contributed by atoms with E-state index in [9.17, 15) is 4.79 Å². The minimum atomic E-state index is -0.375. The zero-order valence-electron chi connectivity index (χ0n) is 19.3. The maximum Gasteiger partial charge on any atom is 0.257 e. The first-order valence-electron chi connectivity index (χ1n) is 12.0. The third-order valence-electron chi connectivity index (χ3n) is 6.98. The molecule has 2 heterocycles. The number of ether oxygens (including phenoxy) is 1. The van der Waals surface area contributed by atoms with Gasteiger partial charge in [0.2, 0.25) is 0 Å². The van der Waals surface area contributed by atoms with Crippen molar-refractivity contribution in [3.05, 3.63) is 101 Å². The van der Waals surface area contributed by atoms with E-state index in [1.807, 2.05) is 71.6 Å². The van der Waals surface area contributed by atoms with Crippen LogP contribution in [-0.2, 0) is 13.0 Å². The molecule has 1 amide bonds. The fourth-order valence-electron chi connectivity index (χ4n) is 5.00. The van der Waals surface area contributed by atoms with Crippen molar-refractivity contribution in [3.63, 3.8) is 0 Å². The molecule has 2 aliphatic rings. The fourth-order valence-corrected chi connectivity index (χ4v) is 5.00. The standard InChI is InChI=1S/C29H29N3O2/c30-20-24-10-12-25(13-11-24)21-31-18-15-29(16-19-31)22-32(17-14-23-6-2-1-3-7-23)28(33)26-8-4-5-9-27(26)34-29/h1-13H,14-19,21-22H2. The van der Waals surface area contributed by atoms with Gasteiger partial charge in [0.1, 0.15) is 11.4 Å². The summed E-state index contributed by atoms with van der Waals surface area (Å²) in [6.07, 6.45) is 2.56. The Morgan fingerprint density at radius 3 is 2.32 bits per heavy atom. The molecule has 1 fully saturated rings. The summed E-state index contributed by atoms with van der Waals surface area (Å²) in [5.41, 5.74) is 3.42. The molecular formula is C29H29N3O2. The lowest BCUT2D eigenvalue weighted by atomic mass is 9.90. The normalized spacial score (nSPS) is 17.5. The molecule has 0 bridgehead atoms. The van der Waals surface area contributed by atoms with E-state index in [1.54, 1.807) is 0 Å². The van der Waals surface area contributed by atoms with Crippen molar-refractivity contribution in [2.45, 2.75) is 31.4 Å². The van der Waals surface area contributed by atoms with Crippen LogP contribution in [0.25, 0.3) is 0 Å². The number of hydrogen-bond acceptors (Lipinski definition) is 4. The molecular weight excluding hydrogens is 422 g/mol. The van der Waals surface area contributed by atoms with Gasteiger partial charge in [-0.05, 0) is 41.8 Å². The lowest BCUT2D eigenvalue weighted by molar-refractivity contribution is -0.0167. The van der Waals surface area contributed by atoms with Crippen molar-refractivity contribution < 1.29 is 9.53 Å². The first kappa shape index (κ1) is 22.2. The second-order valence-electron chi connectivity index (χ2n) is 9.33. The van der Waals surface area contributed by atoms with Gasteiger partial charge in [-0.15, -0.1) is 0 Å². The zero-order chi connectivity index (χ0) is 23.4. The van der Waals surface area contributed by atoms with Crippen LogP contribution in [0.5, 0.6) is 5.75 Å². The highest BCUT2D eigenvalue weighted by Gasteiger charge is 2.42. The molecule has 0 N–H and O–H groups in total. The zero-order valence-corrected chi connectivity index (χ0v) is 19.3. The maximum atomic E-state index is 13.5. The molecule has 0 radical (unpaired) electrons. The van der Waals surface area contributed by atoms with E-state index >= 15 is 0 Å². The van der Waals surface area contributed by atoms with E-state index in [0.717, 1.165) is 38.9 Å². The van der Waals surface area contributed by atoms with Gasteiger partial charge in [-0.1, -0.05) is 54.6 Å². The number of likely N-dealkylation sites (tertiary alicyclic amines) is 1. The van der Waals surface area contributed by atoms with Gasteiger partial charge in [0, 0.05) is 39.0 Å². The number of rotatable bonds is 5. The van der Waals surface area contributed by atoms with E-state index in [1.165, 1.54) is 11.1 Å². The summed E-state index contributed by atoms with van der Waals surface area (Å²) in [4.78, 5) is 17.9. The molecule has 34 heavy (non-hydrogen) atoms. The van der Waals surface area contributed by atoms with Gasteiger partial charge >= 0.3 is 0 Å². The van der Waals surface area contributed by atoms with E-state index in [0.29, 0.717) is 30.0 Å². The van der Waals surface area contributed by atoms with E-state index in [4.69, 9.17) is 10.00 Å². The number of nitrogens with zero attached hydrogens (tertiary/aromatic N) is 3. The van der Waals surface area contributed by atoms with Gasteiger partial charge in [-0.25, -0.2) is 0 Å². The van der Waals surface area contributed by atoms with Crippen LogP contribution in [0.15, 0.2) is 78.9 Å². The van der Waals surface area contributed by atoms with Crippen molar-refractivity contribution in [1.82, 2.24) is 9.80 Å². The van der Waals surface area contributed by atoms with Gasteiger partial charge in [-0.2, -0.15) is 5.26 Å². The molecule has 5 nitrogen and oxygen atoms in total. The molecule has 3 aromatic rings. The second-order valence-corrected chi connectivity index (χ2v) is 9.33. The molecule has 0 unspecified atom stereocenters. The summed E-state index contributed by atoms with van der Waals surface area (Å²) in [5, 5.41) is 9.02. The second kappa shape index (κ2) is 9.70. The van der Waals surface area contributed by atoms with Crippen LogP contribution in [-0.4, -0.2) is 47.5 Å². The Kier molecular flexibility index (Phi) is 6.33.